The van der Waals surface area contributed by atoms with Crippen molar-refractivity contribution in [3.63, 3.8) is 0 Å². The summed E-state index contributed by atoms with van der Waals surface area (Å²) in [7, 11) is 2.25. The van der Waals surface area contributed by atoms with Crippen LogP contribution in [0.15, 0.2) is 42.0 Å². The first kappa shape index (κ1) is 17.6. The number of hydrogen-bond donors (Lipinski definition) is 0. The second-order valence-electron chi connectivity index (χ2n) is 7.42. The fourth-order valence-electron chi connectivity index (χ4n) is 3.96. The summed E-state index contributed by atoms with van der Waals surface area (Å²) in [6.45, 7) is 7.66. The van der Waals surface area contributed by atoms with Gasteiger partial charge in [0.25, 0.3) is 0 Å². The van der Waals surface area contributed by atoms with Crippen LogP contribution in [0.1, 0.15) is 16.1 Å². The first-order valence-electron chi connectivity index (χ1n) is 9.31. The van der Waals surface area contributed by atoms with Gasteiger partial charge in [-0.3, -0.25) is 9.88 Å². The van der Waals surface area contributed by atoms with Crippen molar-refractivity contribution in [3.8, 4) is 0 Å². The van der Waals surface area contributed by atoms with Crippen molar-refractivity contribution >= 4 is 22.2 Å². The molecule has 0 amide bonds. The molecule has 1 aromatic carbocycles. The molecule has 0 unspecified atom stereocenters. The van der Waals surface area contributed by atoms with Crippen LogP contribution in [0.3, 0.4) is 0 Å². The van der Waals surface area contributed by atoms with Crippen LogP contribution in [0.2, 0.25) is 0 Å². The molecule has 3 heterocycles. The standard InChI is InChI=1S/C21H26N4S/c1-16-20(26-15-23-16)14-25-10-9-24(2)12-17(13-25)11-19-6-3-5-18-7-4-8-22-21(18)19/h3-8,15,17H,9-14H2,1-2H3/t17-/m0/s1. The van der Waals surface area contributed by atoms with Crippen LogP contribution in [0, 0.1) is 12.8 Å². The van der Waals surface area contributed by atoms with Crippen LogP contribution in [0.25, 0.3) is 10.9 Å². The van der Waals surface area contributed by atoms with Crippen LogP contribution in [-0.4, -0.2) is 53.0 Å². The fourth-order valence-corrected chi connectivity index (χ4v) is 4.77. The number of thiazole rings is 1. The lowest BCUT2D eigenvalue weighted by Crippen LogP contribution is -2.30. The number of likely N-dealkylation sites (N-methyl/N-ethyl adjacent to an activating group) is 1. The minimum Gasteiger partial charge on any atom is -0.305 e. The Morgan fingerprint density at radius 2 is 2.00 bits per heavy atom. The summed E-state index contributed by atoms with van der Waals surface area (Å²) < 4.78 is 0. The van der Waals surface area contributed by atoms with Gasteiger partial charge in [-0.15, -0.1) is 11.3 Å². The normalized spacial score (nSPS) is 19.7. The maximum atomic E-state index is 4.65. The number of nitrogens with zero attached hydrogens (tertiary/aromatic N) is 4. The van der Waals surface area contributed by atoms with Gasteiger partial charge in [0.2, 0.25) is 0 Å². The highest BCUT2D eigenvalue weighted by molar-refractivity contribution is 7.09. The van der Waals surface area contributed by atoms with E-state index in [-0.39, 0.29) is 0 Å². The van der Waals surface area contributed by atoms with Crippen LogP contribution < -0.4 is 0 Å². The largest absolute Gasteiger partial charge is 0.305 e. The van der Waals surface area contributed by atoms with Gasteiger partial charge in [-0.05, 0) is 37.9 Å². The Bertz CT molecular complexity index is 870. The molecule has 3 aromatic rings. The zero-order valence-electron chi connectivity index (χ0n) is 15.6. The molecule has 1 saturated heterocycles. The number of para-hydroxylation sites is 1. The molecule has 26 heavy (non-hydrogen) atoms. The van der Waals surface area contributed by atoms with Crippen molar-refractivity contribution < 1.29 is 0 Å². The average molecular weight is 367 g/mol. The minimum absolute atomic E-state index is 0.614. The molecule has 0 aliphatic carbocycles. The molecule has 1 atom stereocenters. The number of hydrogen-bond acceptors (Lipinski definition) is 5. The van der Waals surface area contributed by atoms with Gasteiger partial charge in [0.05, 0.1) is 16.7 Å². The van der Waals surface area contributed by atoms with E-state index in [1.165, 1.54) is 21.5 Å². The molecule has 0 N–H and O–H groups in total. The average Bonchev–Trinajstić information content (AvgIpc) is 2.95. The van der Waals surface area contributed by atoms with Gasteiger partial charge in [-0.1, -0.05) is 24.3 Å². The maximum Gasteiger partial charge on any atom is 0.0798 e. The van der Waals surface area contributed by atoms with Crippen molar-refractivity contribution in [3.05, 3.63) is 58.2 Å². The van der Waals surface area contributed by atoms with Crippen molar-refractivity contribution in [2.24, 2.45) is 5.92 Å². The minimum atomic E-state index is 0.614. The monoisotopic (exact) mass is 366 g/mol. The third kappa shape index (κ3) is 3.95. The Hall–Kier alpha value is -1.82. The number of rotatable bonds is 4. The molecule has 0 saturated carbocycles. The van der Waals surface area contributed by atoms with E-state index in [1.807, 2.05) is 17.8 Å². The Morgan fingerprint density at radius 1 is 1.12 bits per heavy atom. The highest BCUT2D eigenvalue weighted by Gasteiger charge is 2.23. The summed E-state index contributed by atoms with van der Waals surface area (Å²) in [5.41, 5.74) is 5.68. The maximum absolute atomic E-state index is 4.65. The molecule has 0 bridgehead atoms. The third-order valence-electron chi connectivity index (χ3n) is 5.32. The summed E-state index contributed by atoms with van der Waals surface area (Å²) in [5.74, 6) is 0.614. The summed E-state index contributed by atoms with van der Waals surface area (Å²) >= 11 is 1.78. The van der Waals surface area contributed by atoms with Gasteiger partial charge in [0, 0.05) is 49.2 Å². The summed E-state index contributed by atoms with van der Waals surface area (Å²) in [5, 5.41) is 1.24. The van der Waals surface area contributed by atoms with Gasteiger partial charge in [-0.25, -0.2) is 4.98 Å². The van der Waals surface area contributed by atoms with E-state index in [0.717, 1.165) is 44.7 Å². The summed E-state index contributed by atoms with van der Waals surface area (Å²) in [4.78, 5) is 15.5. The fraction of sp³-hybridized carbons (Fsp3) is 0.429. The zero-order chi connectivity index (χ0) is 17.9. The van der Waals surface area contributed by atoms with Crippen LogP contribution in [-0.2, 0) is 13.0 Å². The van der Waals surface area contributed by atoms with Crippen LogP contribution in [0.5, 0.6) is 0 Å². The molecular formula is C21H26N4S. The second-order valence-corrected chi connectivity index (χ2v) is 8.36. The molecule has 1 aliphatic heterocycles. The highest BCUT2D eigenvalue weighted by atomic mass is 32.1. The Morgan fingerprint density at radius 3 is 2.85 bits per heavy atom. The molecular weight excluding hydrogens is 340 g/mol. The number of aryl methyl sites for hydroxylation is 1. The van der Waals surface area contributed by atoms with Gasteiger partial charge >= 0.3 is 0 Å². The van der Waals surface area contributed by atoms with Gasteiger partial charge in [0.1, 0.15) is 0 Å². The molecule has 4 rings (SSSR count). The first-order valence-corrected chi connectivity index (χ1v) is 10.2. The SMILES string of the molecule is Cc1ncsc1CN1CCN(C)C[C@H](Cc2cccc3cccnc23)C1. The predicted octanol–water partition coefficient (Wildman–Crippen LogP) is 3.61. The Labute approximate surface area is 159 Å². The van der Waals surface area contributed by atoms with Crippen LogP contribution >= 0.6 is 11.3 Å². The molecule has 1 fully saturated rings. The summed E-state index contributed by atoms with van der Waals surface area (Å²) in [6, 6.07) is 10.7. The van der Waals surface area contributed by atoms with Crippen molar-refractivity contribution in [1.82, 2.24) is 19.8 Å². The topological polar surface area (TPSA) is 32.3 Å². The zero-order valence-corrected chi connectivity index (χ0v) is 16.4. The van der Waals surface area contributed by atoms with E-state index in [9.17, 15) is 0 Å². The van der Waals surface area contributed by atoms with E-state index in [2.05, 4.69) is 58.0 Å². The number of fused-ring (bicyclic) bond motifs is 1. The molecule has 5 heteroatoms. The Balaban J connectivity index is 1.53. The van der Waals surface area contributed by atoms with Gasteiger partial charge in [0.15, 0.2) is 0 Å². The van der Waals surface area contributed by atoms with Crippen LogP contribution in [0.4, 0.5) is 0 Å². The van der Waals surface area contributed by atoms with E-state index >= 15 is 0 Å². The molecule has 0 radical (unpaired) electrons. The molecule has 136 valence electrons. The number of aromatic nitrogens is 2. The lowest BCUT2D eigenvalue weighted by molar-refractivity contribution is 0.250. The van der Waals surface area contributed by atoms with Gasteiger partial charge < -0.3 is 4.90 Å². The molecule has 2 aromatic heterocycles. The number of benzene rings is 1. The molecule has 0 spiro atoms. The number of pyridine rings is 1. The van der Waals surface area contributed by atoms with Crippen molar-refractivity contribution in [2.45, 2.75) is 19.9 Å². The summed E-state index contributed by atoms with van der Waals surface area (Å²) in [6.07, 6.45) is 2.99. The van der Waals surface area contributed by atoms with Crippen molar-refractivity contribution in [1.29, 1.82) is 0 Å². The lowest BCUT2D eigenvalue weighted by atomic mass is 9.96. The third-order valence-corrected chi connectivity index (χ3v) is 6.24. The first-order chi connectivity index (χ1) is 12.7. The van der Waals surface area contributed by atoms with E-state index in [1.54, 1.807) is 11.3 Å². The second kappa shape index (κ2) is 7.82. The molecule has 1 aliphatic rings. The van der Waals surface area contributed by atoms with E-state index in [0.29, 0.717) is 5.92 Å². The van der Waals surface area contributed by atoms with E-state index < -0.39 is 0 Å². The lowest BCUT2D eigenvalue weighted by Gasteiger charge is -2.24. The van der Waals surface area contributed by atoms with Crippen molar-refractivity contribution in [2.75, 3.05) is 33.2 Å². The predicted molar refractivity (Wildman–Crippen MR) is 109 cm³/mol. The molecule has 4 nitrogen and oxygen atoms in total. The smallest absolute Gasteiger partial charge is 0.0798 e. The highest BCUT2D eigenvalue weighted by Crippen LogP contribution is 2.23. The van der Waals surface area contributed by atoms with E-state index in [4.69, 9.17) is 0 Å². The van der Waals surface area contributed by atoms with Gasteiger partial charge in [-0.2, -0.15) is 0 Å². The Kier molecular flexibility index (Phi) is 5.29. The quantitative estimate of drug-likeness (QED) is 0.706.